The highest BCUT2D eigenvalue weighted by molar-refractivity contribution is 6.18. The molecule has 4 aromatic rings. The van der Waals surface area contributed by atoms with Crippen LogP contribution < -0.4 is 11.1 Å². The molecular formula is C23H22N8. The fraction of sp³-hybridized carbons (Fsp3) is 0.130. The van der Waals surface area contributed by atoms with Gasteiger partial charge in [0.25, 0.3) is 0 Å². The number of hydrogen-bond acceptors (Lipinski definition) is 8. The molecule has 4 N–H and O–H groups in total. The molecular weight excluding hydrogens is 388 g/mol. The molecule has 31 heavy (non-hydrogen) atoms. The normalized spacial score (nSPS) is 12.0. The zero-order valence-corrected chi connectivity index (χ0v) is 17.2. The molecule has 0 fully saturated rings. The summed E-state index contributed by atoms with van der Waals surface area (Å²) < 4.78 is 0. The van der Waals surface area contributed by atoms with Gasteiger partial charge in [-0.25, -0.2) is 4.98 Å². The first-order valence-electron chi connectivity index (χ1n) is 9.82. The number of nitrogens with zero attached hydrogens (tertiary/aromatic N) is 5. The third-order valence-corrected chi connectivity index (χ3v) is 4.85. The molecule has 8 heteroatoms. The molecule has 0 saturated carbocycles. The topological polar surface area (TPSA) is 126 Å². The SMILES string of the molecule is CC(C)c1cnnc(Nc2ccc3ncc(C(C=N)=C(N)c4cccnc4)cc3n2)c1. The van der Waals surface area contributed by atoms with E-state index < -0.39 is 0 Å². The lowest BCUT2D eigenvalue weighted by atomic mass is 10.0. The van der Waals surface area contributed by atoms with Crippen LogP contribution in [-0.4, -0.2) is 31.4 Å². The quantitative estimate of drug-likeness (QED) is 0.407. The van der Waals surface area contributed by atoms with E-state index in [-0.39, 0.29) is 0 Å². The van der Waals surface area contributed by atoms with Crippen LogP contribution in [0, 0.1) is 5.41 Å². The van der Waals surface area contributed by atoms with Crippen molar-refractivity contribution in [2.75, 3.05) is 5.32 Å². The lowest BCUT2D eigenvalue weighted by Gasteiger charge is -2.10. The Morgan fingerprint density at radius 2 is 1.90 bits per heavy atom. The highest BCUT2D eigenvalue weighted by atomic mass is 15.2. The highest BCUT2D eigenvalue weighted by Gasteiger charge is 2.10. The maximum absolute atomic E-state index is 7.87. The zero-order chi connectivity index (χ0) is 21.8. The molecule has 0 radical (unpaired) electrons. The molecule has 0 aliphatic heterocycles. The van der Waals surface area contributed by atoms with E-state index >= 15 is 0 Å². The number of hydrogen-bond donors (Lipinski definition) is 3. The van der Waals surface area contributed by atoms with E-state index in [0.29, 0.717) is 39.9 Å². The third kappa shape index (κ3) is 4.37. The number of allylic oxidation sites excluding steroid dienone is 1. The first-order chi connectivity index (χ1) is 15.0. The molecule has 4 rings (SSSR count). The van der Waals surface area contributed by atoms with Crippen molar-refractivity contribution in [3.8, 4) is 0 Å². The van der Waals surface area contributed by atoms with Crippen molar-refractivity contribution in [3.63, 3.8) is 0 Å². The molecule has 0 bridgehead atoms. The maximum Gasteiger partial charge on any atom is 0.154 e. The molecule has 0 aliphatic rings. The number of aromatic nitrogens is 5. The third-order valence-electron chi connectivity index (χ3n) is 4.85. The molecule has 0 unspecified atom stereocenters. The van der Waals surface area contributed by atoms with E-state index in [2.05, 4.69) is 44.3 Å². The minimum atomic E-state index is 0.351. The Morgan fingerprint density at radius 3 is 2.65 bits per heavy atom. The van der Waals surface area contributed by atoms with Gasteiger partial charge in [0, 0.05) is 47.2 Å². The van der Waals surface area contributed by atoms with Gasteiger partial charge in [-0.1, -0.05) is 13.8 Å². The zero-order valence-electron chi connectivity index (χ0n) is 17.2. The summed E-state index contributed by atoms with van der Waals surface area (Å²) in [7, 11) is 0. The Bertz CT molecular complexity index is 1270. The van der Waals surface area contributed by atoms with Crippen molar-refractivity contribution in [3.05, 3.63) is 77.9 Å². The Kier molecular flexibility index (Phi) is 5.61. The standard InChI is InChI=1S/C23H22N8/c1-14(2)16-9-22(31-28-13-16)30-21-6-5-19-20(29-21)8-17(12-27-19)18(10-24)23(25)15-4-3-7-26-11-15/h3-14,24H,25H2,1-2H3,(H,29,30,31). The average Bonchev–Trinajstić information content (AvgIpc) is 2.80. The van der Waals surface area contributed by atoms with Crippen LogP contribution >= 0.6 is 0 Å². The van der Waals surface area contributed by atoms with Crippen LogP contribution in [0.4, 0.5) is 11.6 Å². The predicted molar refractivity (Wildman–Crippen MR) is 123 cm³/mol. The molecule has 0 aromatic carbocycles. The monoisotopic (exact) mass is 410 g/mol. The highest BCUT2D eigenvalue weighted by Crippen LogP contribution is 2.24. The summed E-state index contributed by atoms with van der Waals surface area (Å²) in [6.45, 7) is 4.21. The molecule has 154 valence electrons. The molecule has 0 amide bonds. The maximum atomic E-state index is 7.87. The summed E-state index contributed by atoms with van der Waals surface area (Å²) in [6.07, 6.45) is 8.02. The van der Waals surface area contributed by atoms with Crippen LogP contribution in [0.25, 0.3) is 22.3 Å². The number of nitrogens with two attached hydrogens (primary N) is 1. The van der Waals surface area contributed by atoms with E-state index in [4.69, 9.17) is 11.1 Å². The number of nitrogens with one attached hydrogen (secondary N) is 2. The fourth-order valence-corrected chi connectivity index (χ4v) is 3.11. The Hall–Kier alpha value is -4.20. The molecule has 4 aromatic heterocycles. The summed E-state index contributed by atoms with van der Waals surface area (Å²) in [5, 5.41) is 19.3. The number of pyridine rings is 3. The summed E-state index contributed by atoms with van der Waals surface area (Å²) >= 11 is 0. The van der Waals surface area contributed by atoms with E-state index in [1.165, 1.54) is 6.21 Å². The molecule has 0 spiro atoms. The van der Waals surface area contributed by atoms with Gasteiger partial charge in [-0.15, -0.1) is 5.10 Å². The van der Waals surface area contributed by atoms with E-state index in [0.717, 1.165) is 16.6 Å². The Balaban J connectivity index is 1.70. The van der Waals surface area contributed by atoms with Crippen molar-refractivity contribution >= 4 is 40.2 Å². The fourth-order valence-electron chi connectivity index (χ4n) is 3.11. The lowest BCUT2D eigenvalue weighted by Crippen LogP contribution is -2.03. The van der Waals surface area contributed by atoms with Crippen LogP contribution in [0.1, 0.15) is 36.5 Å². The van der Waals surface area contributed by atoms with Crippen molar-refractivity contribution in [2.24, 2.45) is 5.73 Å². The first-order valence-corrected chi connectivity index (χ1v) is 9.82. The molecule has 8 nitrogen and oxygen atoms in total. The second kappa shape index (κ2) is 8.66. The minimum Gasteiger partial charge on any atom is -0.398 e. The van der Waals surface area contributed by atoms with Crippen LogP contribution in [0.3, 0.4) is 0 Å². The Morgan fingerprint density at radius 1 is 1.03 bits per heavy atom. The van der Waals surface area contributed by atoms with Crippen LogP contribution in [-0.2, 0) is 0 Å². The second-order valence-electron chi connectivity index (χ2n) is 7.33. The van der Waals surface area contributed by atoms with Crippen LogP contribution in [0.2, 0.25) is 0 Å². The molecule has 0 atom stereocenters. The number of anilines is 2. The summed E-state index contributed by atoms with van der Waals surface area (Å²) in [5.74, 6) is 1.61. The van der Waals surface area contributed by atoms with Crippen molar-refractivity contribution in [1.29, 1.82) is 5.41 Å². The minimum absolute atomic E-state index is 0.351. The lowest BCUT2D eigenvalue weighted by molar-refractivity contribution is 0.843. The summed E-state index contributed by atoms with van der Waals surface area (Å²) in [6, 6.07) is 11.2. The largest absolute Gasteiger partial charge is 0.398 e. The second-order valence-corrected chi connectivity index (χ2v) is 7.33. The number of rotatable bonds is 6. The van der Waals surface area contributed by atoms with Crippen molar-refractivity contribution < 1.29 is 0 Å². The summed E-state index contributed by atoms with van der Waals surface area (Å²) in [5.41, 5.74) is 11.3. The van der Waals surface area contributed by atoms with Crippen LogP contribution in [0.5, 0.6) is 0 Å². The average molecular weight is 410 g/mol. The van der Waals surface area contributed by atoms with Crippen molar-refractivity contribution in [2.45, 2.75) is 19.8 Å². The van der Waals surface area contributed by atoms with E-state index in [1.54, 1.807) is 30.9 Å². The summed E-state index contributed by atoms with van der Waals surface area (Å²) in [4.78, 5) is 13.2. The van der Waals surface area contributed by atoms with Gasteiger partial charge in [0.05, 0.1) is 17.2 Å². The van der Waals surface area contributed by atoms with Crippen LogP contribution in [0.15, 0.2) is 61.2 Å². The van der Waals surface area contributed by atoms with Gasteiger partial charge in [0.2, 0.25) is 0 Å². The predicted octanol–water partition coefficient (Wildman–Crippen LogP) is 4.16. The Labute approximate surface area is 179 Å². The van der Waals surface area contributed by atoms with Gasteiger partial charge in [-0.05, 0) is 47.9 Å². The van der Waals surface area contributed by atoms with Gasteiger partial charge < -0.3 is 16.5 Å². The molecule has 0 saturated heterocycles. The van der Waals surface area contributed by atoms with Gasteiger partial charge in [0.1, 0.15) is 5.82 Å². The van der Waals surface area contributed by atoms with Gasteiger partial charge in [0.15, 0.2) is 5.82 Å². The first kappa shape index (κ1) is 20.1. The van der Waals surface area contributed by atoms with Gasteiger partial charge >= 0.3 is 0 Å². The van der Waals surface area contributed by atoms with E-state index in [9.17, 15) is 0 Å². The number of fused-ring (bicyclic) bond motifs is 1. The van der Waals surface area contributed by atoms with Gasteiger partial charge in [-0.2, -0.15) is 5.10 Å². The smallest absolute Gasteiger partial charge is 0.154 e. The molecule has 4 heterocycles. The van der Waals surface area contributed by atoms with E-state index in [1.807, 2.05) is 30.3 Å². The van der Waals surface area contributed by atoms with Crippen molar-refractivity contribution in [1.82, 2.24) is 25.1 Å². The molecule has 0 aliphatic carbocycles. The van der Waals surface area contributed by atoms with Gasteiger partial charge in [-0.3, -0.25) is 9.97 Å².